The van der Waals surface area contributed by atoms with E-state index in [4.69, 9.17) is 14.7 Å². The average molecular weight is 450 g/mol. The lowest BCUT2D eigenvalue weighted by Gasteiger charge is -2.25. The van der Waals surface area contributed by atoms with Crippen molar-refractivity contribution >= 4 is 23.5 Å². The maximum atomic E-state index is 13.3. The third-order valence-corrected chi connectivity index (χ3v) is 5.62. The van der Waals surface area contributed by atoms with Crippen molar-refractivity contribution in [3.8, 4) is 17.6 Å². The molecule has 0 radical (unpaired) electrons. The first-order valence-corrected chi connectivity index (χ1v) is 10.4. The van der Waals surface area contributed by atoms with Gasteiger partial charge in [-0.1, -0.05) is 23.8 Å². The van der Waals surface area contributed by atoms with Gasteiger partial charge in [-0.15, -0.1) is 0 Å². The average Bonchev–Trinajstić information content (AvgIpc) is 3.03. The van der Waals surface area contributed by atoms with E-state index in [-0.39, 0.29) is 13.0 Å². The van der Waals surface area contributed by atoms with Gasteiger partial charge < -0.3 is 19.7 Å². The molecule has 172 valence electrons. The number of methoxy groups -OCH3 is 2. The van der Waals surface area contributed by atoms with Gasteiger partial charge in [0.25, 0.3) is 5.91 Å². The lowest BCUT2D eigenvalue weighted by molar-refractivity contribution is -0.134. The molecular formula is C24H26N4O5. The molecular weight excluding hydrogens is 424 g/mol. The molecule has 0 spiro atoms. The number of carbonyl (C=O) groups excluding carboxylic acids is 3. The molecule has 9 heteroatoms. The largest absolute Gasteiger partial charge is 0.493 e. The molecule has 1 unspecified atom stereocenters. The van der Waals surface area contributed by atoms with Crippen LogP contribution in [0.25, 0.3) is 0 Å². The summed E-state index contributed by atoms with van der Waals surface area (Å²) in [6.07, 6.45) is 0.114. The van der Waals surface area contributed by atoms with Gasteiger partial charge >= 0.3 is 6.03 Å². The predicted octanol–water partition coefficient (Wildman–Crippen LogP) is 2.73. The molecule has 0 aromatic heterocycles. The number of hydrogen-bond donors (Lipinski definition) is 1. The van der Waals surface area contributed by atoms with Crippen LogP contribution in [0.3, 0.4) is 0 Å². The zero-order valence-corrected chi connectivity index (χ0v) is 19.0. The molecule has 1 atom stereocenters. The molecule has 3 rings (SSSR count). The fourth-order valence-electron chi connectivity index (χ4n) is 3.69. The van der Waals surface area contributed by atoms with Gasteiger partial charge in [-0.3, -0.25) is 14.5 Å². The highest BCUT2D eigenvalue weighted by Crippen LogP contribution is 2.35. The molecule has 33 heavy (non-hydrogen) atoms. The SMILES string of the molecule is COc1ccc(C2(C)NC(=O)N(CC(=O)N(CCC#N)c3ccc(C)cc3)C2=O)cc1OC. The van der Waals surface area contributed by atoms with Gasteiger partial charge in [-0.2, -0.15) is 5.26 Å². The quantitative estimate of drug-likeness (QED) is 0.619. The van der Waals surface area contributed by atoms with E-state index in [1.54, 1.807) is 37.3 Å². The van der Waals surface area contributed by atoms with Gasteiger partial charge in [-0.25, -0.2) is 4.79 Å². The highest BCUT2D eigenvalue weighted by Gasteiger charge is 2.50. The van der Waals surface area contributed by atoms with Crippen molar-refractivity contribution in [2.45, 2.75) is 25.8 Å². The Morgan fingerprint density at radius 2 is 1.79 bits per heavy atom. The van der Waals surface area contributed by atoms with Crippen LogP contribution in [0.1, 0.15) is 24.5 Å². The van der Waals surface area contributed by atoms with Crippen LogP contribution < -0.4 is 19.7 Å². The zero-order valence-electron chi connectivity index (χ0n) is 19.0. The molecule has 1 fully saturated rings. The molecule has 2 aromatic carbocycles. The zero-order chi connectivity index (χ0) is 24.2. The van der Waals surface area contributed by atoms with Gasteiger partial charge in [0.2, 0.25) is 5.91 Å². The number of nitriles is 1. The summed E-state index contributed by atoms with van der Waals surface area (Å²) in [4.78, 5) is 41.4. The first-order valence-electron chi connectivity index (χ1n) is 10.4. The molecule has 9 nitrogen and oxygen atoms in total. The first kappa shape index (κ1) is 23.6. The molecule has 0 aliphatic carbocycles. The van der Waals surface area contributed by atoms with Crippen LogP contribution in [-0.4, -0.2) is 50.1 Å². The monoisotopic (exact) mass is 450 g/mol. The fraction of sp³-hybridized carbons (Fsp3) is 0.333. The molecule has 0 bridgehead atoms. The Morgan fingerprint density at radius 1 is 1.12 bits per heavy atom. The van der Waals surface area contributed by atoms with Crippen molar-refractivity contribution in [2.24, 2.45) is 0 Å². The summed E-state index contributed by atoms with van der Waals surface area (Å²) in [5.74, 6) is -0.124. The Bertz CT molecular complexity index is 1110. The van der Waals surface area contributed by atoms with E-state index < -0.39 is 29.9 Å². The van der Waals surface area contributed by atoms with E-state index >= 15 is 0 Å². The van der Waals surface area contributed by atoms with Crippen molar-refractivity contribution in [3.63, 3.8) is 0 Å². The van der Waals surface area contributed by atoms with Crippen LogP contribution in [0.15, 0.2) is 42.5 Å². The number of nitrogens with one attached hydrogen (secondary N) is 1. The number of rotatable bonds is 8. The van der Waals surface area contributed by atoms with E-state index in [0.29, 0.717) is 22.7 Å². The molecule has 1 aliphatic rings. The number of ether oxygens (including phenoxy) is 2. The van der Waals surface area contributed by atoms with E-state index in [9.17, 15) is 14.4 Å². The van der Waals surface area contributed by atoms with Crippen LogP contribution >= 0.6 is 0 Å². The minimum absolute atomic E-state index is 0.114. The Balaban J connectivity index is 1.85. The molecule has 1 saturated heterocycles. The van der Waals surface area contributed by atoms with Crippen molar-refractivity contribution in [2.75, 3.05) is 32.2 Å². The number of nitrogens with zero attached hydrogens (tertiary/aromatic N) is 3. The van der Waals surface area contributed by atoms with E-state index in [2.05, 4.69) is 5.32 Å². The second kappa shape index (κ2) is 9.61. The number of imide groups is 1. The summed E-state index contributed by atoms with van der Waals surface area (Å²) in [7, 11) is 2.98. The van der Waals surface area contributed by atoms with Gasteiger partial charge in [-0.05, 0) is 43.7 Å². The number of aryl methyl sites for hydroxylation is 1. The van der Waals surface area contributed by atoms with Gasteiger partial charge in [0.15, 0.2) is 11.5 Å². The number of urea groups is 1. The standard InChI is InChI=1S/C24H26N4O5/c1-16-6-9-18(10-7-16)27(13-5-12-25)21(29)15-28-22(30)24(2,26-23(28)31)17-8-11-19(32-3)20(14-17)33-4/h6-11,14H,5,13,15H2,1-4H3,(H,26,31). The summed E-state index contributed by atoms with van der Waals surface area (Å²) >= 11 is 0. The fourth-order valence-corrected chi connectivity index (χ4v) is 3.69. The number of carbonyl (C=O) groups is 3. The third-order valence-electron chi connectivity index (χ3n) is 5.62. The highest BCUT2D eigenvalue weighted by atomic mass is 16.5. The molecule has 2 aromatic rings. The summed E-state index contributed by atoms with van der Waals surface area (Å²) < 4.78 is 10.5. The van der Waals surface area contributed by atoms with Crippen molar-refractivity contribution in [1.82, 2.24) is 10.2 Å². The van der Waals surface area contributed by atoms with Crippen LogP contribution in [0, 0.1) is 18.3 Å². The molecule has 0 saturated carbocycles. The van der Waals surface area contributed by atoms with Gasteiger partial charge in [0.1, 0.15) is 12.1 Å². The Hall–Kier alpha value is -4.06. The summed E-state index contributed by atoms with van der Waals surface area (Å²) in [6, 6.07) is 13.5. The lowest BCUT2D eigenvalue weighted by atomic mass is 9.91. The normalized spacial score (nSPS) is 17.4. The van der Waals surface area contributed by atoms with E-state index in [1.807, 2.05) is 25.1 Å². The van der Waals surface area contributed by atoms with Crippen molar-refractivity contribution < 1.29 is 23.9 Å². The maximum Gasteiger partial charge on any atom is 0.325 e. The summed E-state index contributed by atoms with van der Waals surface area (Å²) in [6.45, 7) is 3.20. The smallest absolute Gasteiger partial charge is 0.325 e. The Kier molecular flexibility index (Phi) is 6.87. The van der Waals surface area contributed by atoms with E-state index in [0.717, 1.165) is 10.5 Å². The second-order valence-electron chi connectivity index (χ2n) is 7.81. The maximum absolute atomic E-state index is 13.3. The van der Waals surface area contributed by atoms with Crippen LogP contribution in [-0.2, 0) is 15.1 Å². The molecule has 4 amide bonds. The molecule has 1 heterocycles. The summed E-state index contributed by atoms with van der Waals surface area (Å²) in [5.41, 5.74) is 0.730. The van der Waals surface area contributed by atoms with E-state index in [1.165, 1.54) is 19.1 Å². The van der Waals surface area contributed by atoms with Crippen molar-refractivity contribution in [3.05, 3.63) is 53.6 Å². The highest BCUT2D eigenvalue weighted by molar-refractivity contribution is 6.10. The molecule has 1 N–H and O–H groups in total. The summed E-state index contributed by atoms with van der Waals surface area (Å²) in [5, 5.41) is 11.7. The number of benzene rings is 2. The van der Waals surface area contributed by atoms with Crippen LogP contribution in [0.5, 0.6) is 11.5 Å². The topological polar surface area (TPSA) is 112 Å². The van der Waals surface area contributed by atoms with Gasteiger partial charge in [0.05, 0.1) is 26.7 Å². The van der Waals surface area contributed by atoms with Crippen LogP contribution in [0.4, 0.5) is 10.5 Å². The Labute approximate surface area is 192 Å². The Morgan fingerprint density at radius 3 is 2.39 bits per heavy atom. The number of hydrogen-bond acceptors (Lipinski definition) is 6. The minimum Gasteiger partial charge on any atom is -0.493 e. The first-order chi connectivity index (χ1) is 15.7. The van der Waals surface area contributed by atoms with Gasteiger partial charge in [0, 0.05) is 12.2 Å². The third kappa shape index (κ3) is 4.60. The van der Waals surface area contributed by atoms with Crippen LogP contribution in [0.2, 0.25) is 0 Å². The predicted molar refractivity (Wildman–Crippen MR) is 121 cm³/mol. The lowest BCUT2D eigenvalue weighted by Crippen LogP contribution is -2.45. The number of amides is 4. The minimum atomic E-state index is -1.38. The van der Waals surface area contributed by atoms with Crippen molar-refractivity contribution in [1.29, 1.82) is 5.26 Å². The second-order valence-corrected chi connectivity index (χ2v) is 7.81. The number of anilines is 1. The molecule has 1 aliphatic heterocycles.